The number of hydrogen-bond donors (Lipinski definition) is 5. The molecule has 282 valence electrons. The highest BCUT2D eigenvalue weighted by atomic mass is 33.1. The van der Waals surface area contributed by atoms with Crippen LogP contribution in [-0.4, -0.2) is 75.7 Å². The summed E-state index contributed by atoms with van der Waals surface area (Å²) in [7, 11) is 4.97. The molecule has 0 radical (unpaired) electrons. The van der Waals surface area contributed by atoms with Gasteiger partial charge in [-0.1, -0.05) is 52.8 Å². The molecule has 5 aliphatic rings. The predicted molar refractivity (Wildman–Crippen MR) is 207 cm³/mol. The molecule has 5 N–H and O–H groups in total. The van der Waals surface area contributed by atoms with Gasteiger partial charge < -0.3 is 44.5 Å². The molecule has 0 saturated heterocycles. The summed E-state index contributed by atoms with van der Waals surface area (Å²) < 4.78 is 25.5. The molecular formula is C42H48O9S2. The summed E-state index contributed by atoms with van der Waals surface area (Å²) in [5, 5.41) is 56.0. The minimum atomic E-state index is -1.07. The number of ether oxygens (including phenoxy) is 4. The standard InChI is InChI=1S/C42H48O9S2/c1-22-10-12-25-28-18-23(45)11-13-26(28)35-31(49-16-15-43)20-32-37(36(35)30(25)21-44)38-34(53-52-17-14-22)9-5-8-27-29(42(51-32)40(38)47)19-33(39(46)41(27)48-2)50-24-6-3-4-7-24/h11,13,18-20,22,24-25,30,34,38,40,42-47H,3-4,6-8,10,12,14-17,21H2,1-2H3/t22-,25-,30-,34-,38+,40+,42-/m0/s1. The highest BCUT2D eigenvalue weighted by molar-refractivity contribution is 8.77. The van der Waals surface area contributed by atoms with Crippen molar-refractivity contribution in [1.82, 2.24) is 0 Å². The summed E-state index contributed by atoms with van der Waals surface area (Å²) in [6, 6.07) is 9.06. The number of phenolic OH excluding ortho intramolecular Hbond substituents is 2. The van der Waals surface area contributed by atoms with Crippen molar-refractivity contribution in [3.05, 3.63) is 58.1 Å². The number of aliphatic hydroxyl groups is 3. The number of hydrogen-bond acceptors (Lipinski definition) is 11. The van der Waals surface area contributed by atoms with E-state index in [1.54, 1.807) is 33.7 Å². The molecule has 2 heterocycles. The van der Waals surface area contributed by atoms with Crippen LogP contribution in [0, 0.1) is 17.8 Å². The molecule has 0 unspecified atom stereocenters. The summed E-state index contributed by atoms with van der Waals surface area (Å²) in [6.45, 7) is 1.95. The van der Waals surface area contributed by atoms with Crippen molar-refractivity contribution in [3.8, 4) is 57.5 Å². The largest absolute Gasteiger partial charge is 0.508 e. The average Bonchev–Trinajstić information content (AvgIpc) is 3.68. The fourth-order valence-corrected chi connectivity index (χ4v) is 12.1. The Hall–Kier alpha value is -3.40. The Balaban J connectivity index is 1.39. The number of fused-ring (bicyclic) bond motifs is 7. The van der Waals surface area contributed by atoms with E-state index < -0.39 is 18.1 Å². The van der Waals surface area contributed by atoms with Crippen molar-refractivity contribution >= 4 is 21.6 Å². The molecule has 1 saturated carbocycles. The summed E-state index contributed by atoms with van der Waals surface area (Å²) in [5.74, 6) is 8.94. The van der Waals surface area contributed by atoms with Crippen molar-refractivity contribution in [1.29, 1.82) is 0 Å². The third-order valence-electron chi connectivity index (χ3n) is 11.8. The van der Waals surface area contributed by atoms with E-state index in [9.17, 15) is 25.5 Å². The van der Waals surface area contributed by atoms with Crippen LogP contribution in [0.4, 0.5) is 0 Å². The first-order valence-electron chi connectivity index (χ1n) is 18.9. The molecule has 1 fully saturated rings. The normalized spacial score (nSPS) is 27.5. The summed E-state index contributed by atoms with van der Waals surface area (Å²) >= 11 is 0. The highest BCUT2D eigenvalue weighted by Crippen LogP contribution is 2.61. The zero-order chi connectivity index (χ0) is 36.8. The van der Waals surface area contributed by atoms with Gasteiger partial charge in [0.25, 0.3) is 0 Å². The summed E-state index contributed by atoms with van der Waals surface area (Å²) in [4.78, 5) is 0. The van der Waals surface area contributed by atoms with E-state index in [-0.39, 0.29) is 66.7 Å². The lowest BCUT2D eigenvalue weighted by Gasteiger charge is -2.44. The number of rotatable bonds is 7. The predicted octanol–water partition coefficient (Wildman–Crippen LogP) is 7.35. The van der Waals surface area contributed by atoms with E-state index in [1.807, 2.05) is 18.2 Å². The maximum Gasteiger partial charge on any atom is 0.201 e. The van der Waals surface area contributed by atoms with Crippen molar-refractivity contribution in [2.45, 2.75) is 99.6 Å². The van der Waals surface area contributed by atoms with E-state index in [1.165, 1.54) is 7.11 Å². The molecule has 7 atom stereocenters. The molecule has 0 spiro atoms. The van der Waals surface area contributed by atoms with Crippen molar-refractivity contribution < 1.29 is 44.5 Å². The highest BCUT2D eigenvalue weighted by Gasteiger charge is 2.49. The Labute approximate surface area is 318 Å². The van der Waals surface area contributed by atoms with Gasteiger partial charge in [-0.25, -0.2) is 0 Å². The van der Waals surface area contributed by atoms with Crippen LogP contribution in [0.3, 0.4) is 0 Å². The van der Waals surface area contributed by atoms with Crippen molar-refractivity contribution in [3.63, 3.8) is 0 Å². The van der Waals surface area contributed by atoms with Gasteiger partial charge in [0, 0.05) is 52.3 Å². The molecule has 3 aromatic rings. The Kier molecular flexibility index (Phi) is 10.6. The number of benzene rings is 3. The monoisotopic (exact) mass is 760 g/mol. The smallest absolute Gasteiger partial charge is 0.201 e. The van der Waals surface area contributed by atoms with Gasteiger partial charge in [-0.2, -0.15) is 0 Å². The molecule has 0 amide bonds. The number of aromatic hydroxyl groups is 2. The lowest BCUT2D eigenvalue weighted by molar-refractivity contribution is 0.000503. The zero-order valence-corrected chi connectivity index (χ0v) is 31.8. The molecule has 11 heteroatoms. The molecule has 9 nitrogen and oxygen atoms in total. The number of phenols is 2. The van der Waals surface area contributed by atoms with E-state index in [0.717, 1.165) is 78.5 Å². The Morgan fingerprint density at radius 3 is 2.57 bits per heavy atom. The van der Waals surface area contributed by atoms with E-state index >= 15 is 0 Å². The van der Waals surface area contributed by atoms with Crippen LogP contribution in [0.1, 0.15) is 104 Å². The minimum Gasteiger partial charge on any atom is -0.508 e. The van der Waals surface area contributed by atoms with E-state index in [0.29, 0.717) is 34.3 Å². The van der Waals surface area contributed by atoms with Gasteiger partial charge in [-0.15, -0.1) is 0 Å². The molecule has 4 bridgehead atoms. The quantitative estimate of drug-likeness (QED) is 0.122. The van der Waals surface area contributed by atoms with Crippen LogP contribution >= 0.6 is 21.6 Å². The second-order valence-corrected chi connectivity index (χ2v) is 17.7. The second-order valence-electron chi connectivity index (χ2n) is 15.0. The molecule has 8 rings (SSSR count). The van der Waals surface area contributed by atoms with Gasteiger partial charge in [-0.3, -0.25) is 0 Å². The SMILES string of the molecule is COc1c(O)c(OC2CCCC2)cc2c1CC#C[C@@H]1SSCC[C@@H](C)CC[C@H]3c4cc(O)ccc4-c4c(OCCO)cc5c(c4[C@H]3CO)[C@@H]1[C@@H](O)[C@H]2O5. The van der Waals surface area contributed by atoms with Gasteiger partial charge >= 0.3 is 0 Å². The summed E-state index contributed by atoms with van der Waals surface area (Å²) in [5.41, 5.74) is 5.58. The third kappa shape index (κ3) is 6.58. The van der Waals surface area contributed by atoms with Crippen LogP contribution in [0.2, 0.25) is 0 Å². The van der Waals surface area contributed by atoms with Gasteiger partial charge in [-0.05, 0) is 85.3 Å². The summed E-state index contributed by atoms with van der Waals surface area (Å²) in [6.07, 6.45) is 4.97. The Bertz CT molecular complexity index is 1910. The third-order valence-corrected chi connectivity index (χ3v) is 14.5. The Morgan fingerprint density at radius 1 is 0.962 bits per heavy atom. The molecule has 3 aromatic carbocycles. The first kappa shape index (κ1) is 36.6. The van der Waals surface area contributed by atoms with Crippen LogP contribution in [0.5, 0.6) is 34.5 Å². The molecule has 3 aliphatic carbocycles. The van der Waals surface area contributed by atoms with Crippen molar-refractivity contribution in [2.75, 3.05) is 32.7 Å². The second kappa shape index (κ2) is 15.4. The molecule has 2 aliphatic heterocycles. The first-order valence-corrected chi connectivity index (χ1v) is 21.3. The van der Waals surface area contributed by atoms with Gasteiger partial charge in [0.1, 0.15) is 30.0 Å². The maximum atomic E-state index is 12.8. The van der Waals surface area contributed by atoms with Crippen LogP contribution < -0.4 is 18.9 Å². The van der Waals surface area contributed by atoms with Gasteiger partial charge in [0.05, 0.1) is 31.7 Å². The van der Waals surface area contributed by atoms with E-state index in [4.69, 9.17) is 18.9 Å². The minimum absolute atomic E-state index is 0.0282. The lowest BCUT2D eigenvalue weighted by atomic mass is 9.65. The fourth-order valence-electron chi connectivity index (χ4n) is 9.27. The number of aliphatic hydroxyl groups excluding tert-OH is 3. The Morgan fingerprint density at radius 2 is 1.79 bits per heavy atom. The van der Waals surface area contributed by atoms with Gasteiger partial charge in [0.15, 0.2) is 17.6 Å². The van der Waals surface area contributed by atoms with Crippen LogP contribution in [-0.2, 0) is 6.42 Å². The van der Waals surface area contributed by atoms with E-state index in [2.05, 4.69) is 18.8 Å². The van der Waals surface area contributed by atoms with Crippen molar-refractivity contribution in [2.24, 2.45) is 5.92 Å². The van der Waals surface area contributed by atoms with Gasteiger partial charge in [0.2, 0.25) is 5.75 Å². The first-order chi connectivity index (χ1) is 25.8. The maximum absolute atomic E-state index is 12.8. The molecule has 0 aromatic heterocycles. The fraction of sp³-hybridized carbons (Fsp3) is 0.524. The zero-order valence-electron chi connectivity index (χ0n) is 30.2. The number of methoxy groups -OCH3 is 1. The average molecular weight is 761 g/mol. The topological polar surface area (TPSA) is 138 Å². The van der Waals surface area contributed by atoms with Crippen LogP contribution in [0.25, 0.3) is 11.1 Å². The molecular weight excluding hydrogens is 713 g/mol. The lowest BCUT2D eigenvalue weighted by Crippen LogP contribution is -2.40. The molecule has 53 heavy (non-hydrogen) atoms. The van der Waals surface area contributed by atoms with Crippen LogP contribution in [0.15, 0.2) is 30.3 Å².